The lowest BCUT2D eigenvalue weighted by atomic mass is 9.83. The Hall–Kier alpha value is -4.67. The summed E-state index contributed by atoms with van der Waals surface area (Å²) in [5.41, 5.74) is 4.05. The molecule has 7 rings (SSSR count). The summed E-state index contributed by atoms with van der Waals surface area (Å²) in [6.07, 6.45) is 0. The number of imide groups is 1. The fourth-order valence-electron chi connectivity index (χ4n) is 6.21. The fraction of sp³-hybridized carbons (Fsp3) is 0.200. The van der Waals surface area contributed by atoms with Crippen molar-refractivity contribution in [2.45, 2.75) is 29.7 Å². The zero-order valence-electron chi connectivity index (χ0n) is 24.9. The highest BCUT2D eigenvalue weighted by Crippen LogP contribution is 2.54. The number of anilines is 3. The van der Waals surface area contributed by atoms with E-state index in [2.05, 4.69) is 5.32 Å². The molecule has 0 spiro atoms. The number of amides is 3. The molecule has 2 aliphatic rings. The summed E-state index contributed by atoms with van der Waals surface area (Å²) in [5.74, 6) is -2.16. The first-order valence-electron chi connectivity index (χ1n) is 14.6. The van der Waals surface area contributed by atoms with Crippen LogP contribution in [-0.2, 0) is 20.9 Å². The first-order chi connectivity index (χ1) is 21.7. The number of aromatic nitrogens is 1. The molecule has 1 N–H and O–H groups in total. The van der Waals surface area contributed by atoms with E-state index in [4.69, 9.17) is 0 Å². The van der Waals surface area contributed by atoms with E-state index in [1.165, 1.54) is 21.2 Å². The van der Waals surface area contributed by atoms with Crippen molar-refractivity contribution in [3.63, 3.8) is 0 Å². The molecule has 0 aliphatic carbocycles. The number of hydrogen-bond acceptors (Lipinski definition) is 7. The van der Waals surface area contributed by atoms with Crippen molar-refractivity contribution in [1.29, 1.82) is 0 Å². The Kier molecular flexibility index (Phi) is 7.33. The lowest BCUT2D eigenvalue weighted by molar-refractivity contribution is -0.122. The number of carbonyl (C=O) groups is 3. The van der Waals surface area contributed by atoms with Crippen LogP contribution in [0.15, 0.2) is 101 Å². The van der Waals surface area contributed by atoms with Gasteiger partial charge in [0.25, 0.3) is 0 Å². The third kappa shape index (κ3) is 5.04. The van der Waals surface area contributed by atoms with E-state index in [9.17, 15) is 19.2 Å². The molecule has 226 valence electrons. The molecule has 0 bridgehead atoms. The Labute approximate surface area is 268 Å². The summed E-state index contributed by atoms with van der Waals surface area (Å²) in [7, 11) is 3.91. The molecule has 3 heterocycles. The molecule has 3 atom stereocenters. The molecular weight excluding hydrogens is 605 g/mol. The smallest absolute Gasteiger partial charge is 0.308 e. The average molecular weight is 635 g/mol. The Morgan fingerprint density at radius 3 is 2.31 bits per heavy atom. The highest BCUT2D eigenvalue weighted by Gasteiger charge is 2.56. The number of rotatable bonds is 6. The second-order valence-electron chi connectivity index (χ2n) is 11.6. The molecule has 5 aromatic rings. The molecular formula is C35H30N4O4S2. The number of carbonyl (C=O) groups excluding carboxylic acids is 3. The summed E-state index contributed by atoms with van der Waals surface area (Å²) in [6.45, 7) is 1.74. The minimum atomic E-state index is -0.744. The van der Waals surface area contributed by atoms with Crippen molar-refractivity contribution in [1.82, 2.24) is 4.57 Å². The SMILES string of the molecule is Cc1ccc(N2C(=O)C3Sc4c(sc(=O)n4CC(=O)Nc4cccc5ccccc45)C(c4ccc(N(C)C)cc4)C3C2=O)cc1. The standard InChI is InChI=1S/C35H30N4O4S2/c1-20-11-15-24(16-12-20)39-32(41)29-28(22-13-17-23(18-14-22)37(2)3)31-34(44-30(29)33(39)42)38(35(43)45-31)19-27(40)36-26-10-6-8-21-7-4-5-9-25(21)26/h4-18,28-30H,19H2,1-3H3,(H,36,40). The minimum absolute atomic E-state index is 0.214. The zero-order chi connectivity index (χ0) is 31.4. The van der Waals surface area contributed by atoms with Gasteiger partial charge in [-0.25, -0.2) is 4.90 Å². The average Bonchev–Trinajstić information content (AvgIpc) is 3.48. The first-order valence-corrected chi connectivity index (χ1v) is 16.3. The summed E-state index contributed by atoms with van der Waals surface area (Å²) in [5, 5.41) is 4.69. The van der Waals surface area contributed by atoms with E-state index in [-0.39, 0.29) is 29.1 Å². The van der Waals surface area contributed by atoms with Crippen LogP contribution in [-0.4, -0.2) is 41.6 Å². The molecule has 45 heavy (non-hydrogen) atoms. The van der Waals surface area contributed by atoms with Crippen LogP contribution in [0.4, 0.5) is 17.1 Å². The topological polar surface area (TPSA) is 91.7 Å². The Balaban J connectivity index is 1.28. The van der Waals surface area contributed by atoms with Crippen LogP contribution in [0.3, 0.4) is 0 Å². The van der Waals surface area contributed by atoms with Crippen LogP contribution in [0, 0.1) is 12.8 Å². The third-order valence-corrected chi connectivity index (χ3v) is 11.1. The zero-order valence-corrected chi connectivity index (χ0v) is 26.5. The van der Waals surface area contributed by atoms with Crippen LogP contribution in [0.25, 0.3) is 10.8 Å². The van der Waals surface area contributed by atoms with Gasteiger partial charge < -0.3 is 10.2 Å². The molecule has 1 aromatic heterocycles. The quantitative estimate of drug-likeness (QED) is 0.235. The van der Waals surface area contributed by atoms with Gasteiger partial charge in [-0.15, -0.1) is 0 Å². The second-order valence-corrected chi connectivity index (χ2v) is 13.7. The largest absolute Gasteiger partial charge is 0.378 e. The van der Waals surface area contributed by atoms with Gasteiger partial charge in [-0.3, -0.25) is 23.7 Å². The number of nitrogens with one attached hydrogen (secondary N) is 1. The van der Waals surface area contributed by atoms with Crippen molar-refractivity contribution < 1.29 is 14.4 Å². The van der Waals surface area contributed by atoms with Gasteiger partial charge in [0.05, 0.1) is 16.6 Å². The van der Waals surface area contributed by atoms with Crippen LogP contribution < -0.4 is 20.0 Å². The van der Waals surface area contributed by atoms with Gasteiger partial charge in [-0.2, -0.15) is 0 Å². The number of aryl methyl sites for hydroxylation is 1. The summed E-state index contributed by atoms with van der Waals surface area (Å²) >= 11 is 2.27. The fourth-order valence-corrected chi connectivity index (χ4v) is 8.98. The van der Waals surface area contributed by atoms with Crippen molar-refractivity contribution >= 4 is 68.7 Å². The molecule has 1 saturated heterocycles. The molecule has 3 amide bonds. The number of thioether (sulfide) groups is 1. The Morgan fingerprint density at radius 1 is 0.867 bits per heavy atom. The highest BCUT2D eigenvalue weighted by atomic mass is 32.2. The maximum absolute atomic E-state index is 14.1. The molecule has 0 radical (unpaired) electrons. The van der Waals surface area contributed by atoms with Crippen molar-refractivity contribution in [3.05, 3.63) is 117 Å². The van der Waals surface area contributed by atoms with Gasteiger partial charge in [0.2, 0.25) is 17.7 Å². The Bertz CT molecular complexity index is 2030. The molecule has 3 unspecified atom stereocenters. The van der Waals surface area contributed by atoms with Crippen molar-refractivity contribution in [3.8, 4) is 0 Å². The number of fused-ring (bicyclic) bond motifs is 3. The second kappa shape index (κ2) is 11.4. The number of benzene rings is 4. The summed E-state index contributed by atoms with van der Waals surface area (Å²) in [6, 6.07) is 28.7. The van der Waals surface area contributed by atoms with Gasteiger partial charge >= 0.3 is 4.87 Å². The van der Waals surface area contributed by atoms with Gasteiger partial charge in [0.15, 0.2) is 0 Å². The monoisotopic (exact) mass is 634 g/mol. The molecule has 4 aromatic carbocycles. The van der Waals surface area contributed by atoms with Crippen LogP contribution in [0.2, 0.25) is 0 Å². The van der Waals surface area contributed by atoms with Gasteiger partial charge in [0.1, 0.15) is 11.8 Å². The van der Waals surface area contributed by atoms with Crippen LogP contribution in [0.1, 0.15) is 21.9 Å². The lowest BCUT2D eigenvalue weighted by Crippen LogP contribution is -2.33. The maximum atomic E-state index is 14.1. The predicted octanol–water partition coefficient (Wildman–Crippen LogP) is 5.87. The molecule has 2 aliphatic heterocycles. The van der Waals surface area contributed by atoms with E-state index < -0.39 is 17.1 Å². The van der Waals surface area contributed by atoms with Gasteiger partial charge in [0, 0.05) is 41.7 Å². The number of hydrogen-bond donors (Lipinski definition) is 1. The maximum Gasteiger partial charge on any atom is 0.308 e. The normalized spacial score (nSPS) is 19.0. The van der Waals surface area contributed by atoms with Crippen molar-refractivity contribution in [2.24, 2.45) is 5.92 Å². The van der Waals surface area contributed by atoms with E-state index in [0.29, 0.717) is 21.3 Å². The molecule has 0 saturated carbocycles. The summed E-state index contributed by atoms with van der Waals surface area (Å²) < 4.78 is 1.45. The van der Waals surface area contributed by atoms with E-state index in [0.717, 1.165) is 38.9 Å². The molecule has 10 heteroatoms. The first kappa shape index (κ1) is 29.1. The predicted molar refractivity (Wildman–Crippen MR) is 181 cm³/mol. The van der Waals surface area contributed by atoms with Gasteiger partial charge in [-0.1, -0.05) is 89.3 Å². The lowest BCUT2D eigenvalue weighted by Gasteiger charge is -2.31. The highest BCUT2D eigenvalue weighted by molar-refractivity contribution is 8.00. The third-order valence-electron chi connectivity index (χ3n) is 8.48. The number of thiazole rings is 1. The number of nitrogens with zero attached hydrogens (tertiary/aromatic N) is 3. The van der Waals surface area contributed by atoms with E-state index in [1.54, 1.807) is 12.1 Å². The molecule has 8 nitrogen and oxygen atoms in total. The van der Waals surface area contributed by atoms with E-state index >= 15 is 0 Å². The Morgan fingerprint density at radius 2 is 1.58 bits per heavy atom. The van der Waals surface area contributed by atoms with Gasteiger partial charge in [-0.05, 0) is 48.2 Å². The van der Waals surface area contributed by atoms with Crippen molar-refractivity contribution in [2.75, 3.05) is 29.2 Å². The minimum Gasteiger partial charge on any atom is -0.378 e. The van der Waals surface area contributed by atoms with Crippen LogP contribution >= 0.6 is 23.1 Å². The molecule has 1 fully saturated rings. The van der Waals surface area contributed by atoms with E-state index in [1.807, 2.05) is 105 Å². The summed E-state index contributed by atoms with van der Waals surface area (Å²) in [4.78, 5) is 58.7. The van der Waals surface area contributed by atoms with Crippen LogP contribution in [0.5, 0.6) is 0 Å².